The minimum Gasteiger partial charge on any atom is -0.497 e. The molecule has 8 heteroatoms. The summed E-state index contributed by atoms with van der Waals surface area (Å²) >= 11 is 3.51. The van der Waals surface area contributed by atoms with Crippen molar-refractivity contribution in [3.63, 3.8) is 0 Å². The van der Waals surface area contributed by atoms with E-state index in [1.807, 2.05) is 35.9 Å². The molecule has 3 rings (SSSR count). The number of benzene rings is 1. The second-order valence-electron chi connectivity index (χ2n) is 4.66. The maximum absolute atomic E-state index is 5.14. The van der Waals surface area contributed by atoms with Gasteiger partial charge in [0.2, 0.25) is 5.82 Å². The van der Waals surface area contributed by atoms with E-state index in [2.05, 4.69) is 36.4 Å². The number of ether oxygens (including phenoxy) is 1. The second-order valence-corrected chi connectivity index (χ2v) is 5.41. The SMILES string of the molecule is CCn1ncc(-c2nnn(Cc3ccc(OC)cc3)n2)c1Br. The molecule has 0 aliphatic carbocycles. The van der Waals surface area contributed by atoms with Gasteiger partial charge in [0, 0.05) is 6.54 Å². The largest absolute Gasteiger partial charge is 0.497 e. The molecule has 22 heavy (non-hydrogen) atoms. The van der Waals surface area contributed by atoms with E-state index in [1.54, 1.807) is 18.1 Å². The van der Waals surface area contributed by atoms with Gasteiger partial charge < -0.3 is 4.74 Å². The lowest BCUT2D eigenvalue weighted by molar-refractivity contribution is 0.414. The molecule has 0 aliphatic heterocycles. The number of aryl methyl sites for hydroxylation is 1. The van der Waals surface area contributed by atoms with Crippen molar-refractivity contribution >= 4 is 15.9 Å². The summed E-state index contributed by atoms with van der Waals surface area (Å²) in [5, 5.41) is 16.9. The van der Waals surface area contributed by atoms with Crippen molar-refractivity contribution in [2.45, 2.75) is 20.0 Å². The van der Waals surface area contributed by atoms with Gasteiger partial charge in [-0.3, -0.25) is 4.68 Å². The molecule has 0 spiro atoms. The molecule has 0 saturated heterocycles. The number of hydrogen-bond donors (Lipinski definition) is 0. The molecule has 0 bridgehead atoms. The smallest absolute Gasteiger partial charge is 0.209 e. The van der Waals surface area contributed by atoms with Crippen LogP contribution in [0.3, 0.4) is 0 Å². The van der Waals surface area contributed by atoms with Gasteiger partial charge >= 0.3 is 0 Å². The van der Waals surface area contributed by atoms with Gasteiger partial charge in [0.05, 0.1) is 25.4 Å². The Kier molecular flexibility index (Phi) is 4.19. The molecule has 0 N–H and O–H groups in total. The molecule has 0 saturated carbocycles. The molecule has 0 radical (unpaired) electrons. The van der Waals surface area contributed by atoms with Crippen LogP contribution in [-0.2, 0) is 13.1 Å². The predicted octanol–water partition coefficient (Wildman–Crippen LogP) is 2.38. The molecular formula is C14H15BrN6O. The molecule has 3 aromatic rings. The first-order valence-electron chi connectivity index (χ1n) is 6.83. The predicted molar refractivity (Wildman–Crippen MR) is 84.5 cm³/mol. The molecule has 0 aliphatic rings. The highest BCUT2D eigenvalue weighted by Crippen LogP contribution is 2.24. The third-order valence-electron chi connectivity index (χ3n) is 3.25. The topological polar surface area (TPSA) is 70.7 Å². The molecular weight excluding hydrogens is 348 g/mol. The molecule has 2 heterocycles. The van der Waals surface area contributed by atoms with Crippen molar-refractivity contribution in [3.8, 4) is 17.1 Å². The van der Waals surface area contributed by atoms with Gasteiger partial charge in [-0.25, -0.2) is 0 Å². The van der Waals surface area contributed by atoms with E-state index in [0.717, 1.165) is 28.0 Å². The summed E-state index contributed by atoms with van der Waals surface area (Å²) in [6.07, 6.45) is 1.74. The molecule has 1 aromatic carbocycles. The molecule has 114 valence electrons. The lowest BCUT2D eigenvalue weighted by Gasteiger charge is -2.02. The van der Waals surface area contributed by atoms with Crippen molar-refractivity contribution in [2.75, 3.05) is 7.11 Å². The summed E-state index contributed by atoms with van der Waals surface area (Å²) in [4.78, 5) is 1.56. The molecule has 2 aromatic heterocycles. The summed E-state index contributed by atoms with van der Waals surface area (Å²) in [5.41, 5.74) is 1.91. The van der Waals surface area contributed by atoms with Gasteiger partial charge in [0.25, 0.3) is 0 Å². The standard InChI is InChI=1S/C14H15BrN6O/c1-3-20-13(15)12(8-16-20)14-17-19-21(18-14)9-10-4-6-11(22-2)7-5-10/h4-8H,3,9H2,1-2H3. The number of methoxy groups -OCH3 is 1. The minimum atomic E-state index is 0.552. The highest BCUT2D eigenvalue weighted by atomic mass is 79.9. The number of rotatable bonds is 5. The van der Waals surface area contributed by atoms with E-state index in [9.17, 15) is 0 Å². The number of halogens is 1. The fourth-order valence-corrected chi connectivity index (χ4v) is 2.68. The Bertz CT molecular complexity index is 764. The normalized spacial score (nSPS) is 10.9. The zero-order valence-corrected chi connectivity index (χ0v) is 13.9. The maximum Gasteiger partial charge on any atom is 0.209 e. The van der Waals surface area contributed by atoms with Crippen LogP contribution in [0.15, 0.2) is 35.1 Å². The zero-order chi connectivity index (χ0) is 15.5. The molecule has 0 amide bonds. The zero-order valence-electron chi connectivity index (χ0n) is 12.3. The van der Waals surface area contributed by atoms with Gasteiger partial charge in [-0.2, -0.15) is 9.90 Å². The Labute approximate surface area is 136 Å². The van der Waals surface area contributed by atoms with Crippen LogP contribution in [0.1, 0.15) is 12.5 Å². The van der Waals surface area contributed by atoms with Crippen LogP contribution in [0.2, 0.25) is 0 Å². The van der Waals surface area contributed by atoms with Crippen LogP contribution in [0.4, 0.5) is 0 Å². The quantitative estimate of drug-likeness (QED) is 0.696. The van der Waals surface area contributed by atoms with E-state index in [-0.39, 0.29) is 0 Å². The van der Waals surface area contributed by atoms with Crippen LogP contribution >= 0.6 is 15.9 Å². The van der Waals surface area contributed by atoms with E-state index < -0.39 is 0 Å². The first-order chi connectivity index (χ1) is 10.7. The summed E-state index contributed by atoms with van der Waals surface area (Å²) in [5.74, 6) is 1.38. The highest BCUT2D eigenvalue weighted by Gasteiger charge is 2.14. The van der Waals surface area contributed by atoms with E-state index >= 15 is 0 Å². The Morgan fingerprint density at radius 3 is 2.64 bits per heavy atom. The van der Waals surface area contributed by atoms with Gasteiger partial charge in [-0.05, 0) is 45.8 Å². The first-order valence-corrected chi connectivity index (χ1v) is 7.63. The van der Waals surface area contributed by atoms with Gasteiger partial charge in [-0.15, -0.1) is 10.2 Å². The van der Waals surface area contributed by atoms with E-state index in [4.69, 9.17) is 4.74 Å². The van der Waals surface area contributed by atoms with Crippen molar-refractivity contribution < 1.29 is 4.74 Å². The number of nitrogens with zero attached hydrogens (tertiary/aromatic N) is 6. The van der Waals surface area contributed by atoms with Crippen LogP contribution < -0.4 is 4.74 Å². The Hall–Kier alpha value is -2.22. The lowest BCUT2D eigenvalue weighted by Crippen LogP contribution is -2.04. The summed E-state index contributed by atoms with van der Waals surface area (Å²) in [7, 11) is 1.65. The van der Waals surface area contributed by atoms with Crippen molar-refractivity contribution in [2.24, 2.45) is 0 Å². The van der Waals surface area contributed by atoms with Crippen molar-refractivity contribution in [1.29, 1.82) is 0 Å². The second kappa shape index (κ2) is 6.27. The fraction of sp³-hybridized carbons (Fsp3) is 0.286. The minimum absolute atomic E-state index is 0.552. The summed E-state index contributed by atoms with van der Waals surface area (Å²) < 4.78 is 7.84. The van der Waals surface area contributed by atoms with E-state index in [0.29, 0.717) is 12.4 Å². The van der Waals surface area contributed by atoms with Crippen LogP contribution in [0.25, 0.3) is 11.4 Å². The average Bonchev–Trinajstić information content (AvgIpc) is 3.14. The maximum atomic E-state index is 5.14. The van der Waals surface area contributed by atoms with E-state index in [1.165, 1.54) is 0 Å². The molecule has 0 atom stereocenters. The van der Waals surface area contributed by atoms with Gasteiger partial charge in [-0.1, -0.05) is 12.1 Å². The number of hydrogen-bond acceptors (Lipinski definition) is 5. The van der Waals surface area contributed by atoms with Crippen molar-refractivity contribution in [1.82, 2.24) is 30.0 Å². The third-order valence-corrected chi connectivity index (χ3v) is 4.09. The van der Waals surface area contributed by atoms with Crippen molar-refractivity contribution in [3.05, 3.63) is 40.6 Å². The average molecular weight is 363 g/mol. The lowest BCUT2D eigenvalue weighted by atomic mass is 10.2. The Morgan fingerprint density at radius 2 is 2.00 bits per heavy atom. The first kappa shape index (κ1) is 14.7. The van der Waals surface area contributed by atoms with Crippen LogP contribution in [-0.4, -0.2) is 37.1 Å². The van der Waals surface area contributed by atoms with Gasteiger partial charge in [0.1, 0.15) is 10.4 Å². The number of tetrazole rings is 1. The van der Waals surface area contributed by atoms with Gasteiger partial charge in [0.15, 0.2) is 0 Å². The summed E-state index contributed by atoms with van der Waals surface area (Å²) in [6, 6.07) is 7.78. The molecule has 7 nitrogen and oxygen atoms in total. The third kappa shape index (κ3) is 2.87. The Morgan fingerprint density at radius 1 is 1.23 bits per heavy atom. The molecule has 0 unspecified atom stereocenters. The highest BCUT2D eigenvalue weighted by molar-refractivity contribution is 9.10. The monoisotopic (exact) mass is 362 g/mol. The fourth-order valence-electron chi connectivity index (χ4n) is 2.05. The number of aromatic nitrogens is 6. The van der Waals surface area contributed by atoms with Crippen LogP contribution in [0, 0.1) is 0 Å². The van der Waals surface area contributed by atoms with Crippen LogP contribution in [0.5, 0.6) is 5.75 Å². The Balaban J connectivity index is 1.79. The molecule has 0 fully saturated rings. The summed E-state index contributed by atoms with van der Waals surface area (Å²) in [6.45, 7) is 3.35.